The van der Waals surface area contributed by atoms with Gasteiger partial charge in [-0.3, -0.25) is 4.79 Å². The standard InChI is InChI=1S/C13H19NO3S/c1-3-4-5-6-7-10(15)14-11-8-9(2)12(18-11)13(16)17/h8H,3-7H2,1-2H3,(H,14,15)(H,16,17). The minimum atomic E-state index is -0.944. The van der Waals surface area contributed by atoms with E-state index in [9.17, 15) is 9.59 Å². The van der Waals surface area contributed by atoms with Crippen LogP contribution in [-0.4, -0.2) is 17.0 Å². The summed E-state index contributed by atoms with van der Waals surface area (Å²) in [5.74, 6) is -0.981. The van der Waals surface area contributed by atoms with Crippen molar-refractivity contribution in [3.05, 3.63) is 16.5 Å². The Bertz CT molecular complexity index is 426. The second-order valence-corrected chi connectivity index (χ2v) is 5.34. The summed E-state index contributed by atoms with van der Waals surface area (Å²) in [6, 6.07) is 1.71. The fraction of sp³-hybridized carbons (Fsp3) is 0.538. The molecule has 0 aliphatic heterocycles. The molecule has 1 heterocycles. The normalized spacial score (nSPS) is 10.3. The molecule has 2 N–H and O–H groups in total. The molecule has 0 saturated carbocycles. The third-order valence-electron chi connectivity index (χ3n) is 2.63. The van der Waals surface area contributed by atoms with Gasteiger partial charge in [0.2, 0.25) is 5.91 Å². The average molecular weight is 269 g/mol. The van der Waals surface area contributed by atoms with Crippen molar-refractivity contribution in [2.75, 3.05) is 5.32 Å². The molecule has 0 fully saturated rings. The van der Waals surface area contributed by atoms with Gasteiger partial charge in [0.15, 0.2) is 0 Å². The maximum absolute atomic E-state index is 11.6. The predicted molar refractivity (Wildman–Crippen MR) is 73.4 cm³/mol. The molecule has 0 radical (unpaired) electrons. The van der Waals surface area contributed by atoms with Crippen LogP contribution >= 0.6 is 11.3 Å². The van der Waals surface area contributed by atoms with Gasteiger partial charge in [0, 0.05) is 6.42 Å². The van der Waals surface area contributed by atoms with Gasteiger partial charge in [-0.2, -0.15) is 0 Å². The highest BCUT2D eigenvalue weighted by molar-refractivity contribution is 7.18. The van der Waals surface area contributed by atoms with Crippen molar-refractivity contribution in [1.29, 1.82) is 0 Å². The van der Waals surface area contributed by atoms with Crippen LogP contribution in [0.4, 0.5) is 5.00 Å². The van der Waals surface area contributed by atoms with Crippen molar-refractivity contribution >= 4 is 28.2 Å². The van der Waals surface area contributed by atoms with Gasteiger partial charge >= 0.3 is 5.97 Å². The van der Waals surface area contributed by atoms with Crippen molar-refractivity contribution in [3.63, 3.8) is 0 Å². The average Bonchev–Trinajstić information content (AvgIpc) is 2.66. The van der Waals surface area contributed by atoms with Gasteiger partial charge in [-0.15, -0.1) is 11.3 Å². The Morgan fingerprint density at radius 3 is 2.61 bits per heavy atom. The van der Waals surface area contributed by atoms with Crippen LogP contribution in [0, 0.1) is 6.92 Å². The summed E-state index contributed by atoms with van der Waals surface area (Å²) in [5.41, 5.74) is 0.689. The van der Waals surface area contributed by atoms with Gasteiger partial charge in [0.25, 0.3) is 0 Å². The number of hydrogen-bond donors (Lipinski definition) is 2. The number of carbonyl (C=O) groups excluding carboxylic acids is 1. The van der Waals surface area contributed by atoms with Gasteiger partial charge < -0.3 is 10.4 Å². The van der Waals surface area contributed by atoms with Crippen molar-refractivity contribution < 1.29 is 14.7 Å². The van der Waals surface area contributed by atoms with Crippen LogP contribution in [-0.2, 0) is 4.79 Å². The SMILES string of the molecule is CCCCCCC(=O)Nc1cc(C)c(C(=O)O)s1. The monoisotopic (exact) mass is 269 g/mol. The Balaban J connectivity index is 2.44. The highest BCUT2D eigenvalue weighted by Gasteiger charge is 2.13. The summed E-state index contributed by atoms with van der Waals surface area (Å²) in [6.45, 7) is 3.86. The van der Waals surface area contributed by atoms with E-state index in [1.165, 1.54) is 0 Å². The Kier molecular flexibility index (Phi) is 5.85. The highest BCUT2D eigenvalue weighted by atomic mass is 32.1. The van der Waals surface area contributed by atoms with E-state index in [0.717, 1.165) is 37.0 Å². The minimum absolute atomic E-state index is 0.0377. The number of amides is 1. The molecule has 0 aromatic carbocycles. The Labute approximate surface area is 111 Å². The summed E-state index contributed by atoms with van der Waals surface area (Å²) in [7, 11) is 0. The van der Waals surface area contributed by atoms with Gasteiger partial charge in [0.1, 0.15) is 4.88 Å². The second-order valence-electron chi connectivity index (χ2n) is 4.29. The number of hydrogen-bond acceptors (Lipinski definition) is 3. The first-order valence-electron chi connectivity index (χ1n) is 6.18. The molecule has 1 aromatic rings. The number of thiophene rings is 1. The number of aromatic carboxylic acids is 1. The van der Waals surface area contributed by atoms with Crippen LogP contribution < -0.4 is 5.32 Å². The second kappa shape index (κ2) is 7.16. The molecule has 0 aliphatic rings. The van der Waals surface area contributed by atoms with E-state index in [4.69, 9.17) is 5.11 Å². The molecule has 0 spiro atoms. The maximum Gasteiger partial charge on any atom is 0.346 e. The number of aryl methyl sites for hydroxylation is 1. The van der Waals surface area contributed by atoms with Gasteiger partial charge in [-0.25, -0.2) is 4.79 Å². The largest absolute Gasteiger partial charge is 0.477 e. The van der Waals surface area contributed by atoms with Crippen LogP contribution in [0.2, 0.25) is 0 Å². The Hall–Kier alpha value is -1.36. The third-order valence-corrected chi connectivity index (χ3v) is 3.77. The summed E-state index contributed by atoms with van der Waals surface area (Å²) >= 11 is 1.11. The smallest absolute Gasteiger partial charge is 0.346 e. The molecule has 1 amide bonds. The first-order chi connectivity index (χ1) is 8.54. The quantitative estimate of drug-likeness (QED) is 0.742. The summed E-state index contributed by atoms with van der Waals surface area (Å²) in [6.07, 6.45) is 4.74. The number of carboxylic acid groups (broad SMARTS) is 1. The van der Waals surface area contributed by atoms with Crippen molar-refractivity contribution in [2.24, 2.45) is 0 Å². The predicted octanol–water partition coefficient (Wildman–Crippen LogP) is 3.66. The van der Waals surface area contributed by atoms with Gasteiger partial charge in [-0.1, -0.05) is 26.2 Å². The lowest BCUT2D eigenvalue weighted by Gasteiger charge is -2.01. The Morgan fingerprint density at radius 1 is 1.33 bits per heavy atom. The van der Waals surface area contributed by atoms with Gasteiger partial charge in [-0.05, 0) is 25.0 Å². The highest BCUT2D eigenvalue weighted by Crippen LogP contribution is 2.26. The number of rotatable bonds is 7. The fourth-order valence-corrected chi connectivity index (χ4v) is 2.60. The number of unbranched alkanes of at least 4 members (excludes halogenated alkanes) is 3. The molecule has 0 unspecified atom stereocenters. The molecule has 4 nitrogen and oxygen atoms in total. The molecule has 5 heteroatoms. The van der Waals surface area contributed by atoms with Crippen LogP contribution in [0.25, 0.3) is 0 Å². The minimum Gasteiger partial charge on any atom is -0.477 e. The van der Waals surface area contributed by atoms with Crippen molar-refractivity contribution in [3.8, 4) is 0 Å². The number of anilines is 1. The first kappa shape index (κ1) is 14.7. The van der Waals surface area contributed by atoms with Crippen LogP contribution in [0.5, 0.6) is 0 Å². The lowest BCUT2D eigenvalue weighted by molar-refractivity contribution is -0.116. The first-order valence-corrected chi connectivity index (χ1v) is 6.99. The number of carbonyl (C=O) groups is 2. The molecule has 0 atom stereocenters. The molecule has 0 aliphatic carbocycles. The maximum atomic E-state index is 11.6. The van der Waals surface area contributed by atoms with Gasteiger partial charge in [0.05, 0.1) is 5.00 Å². The topological polar surface area (TPSA) is 66.4 Å². The molecular formula is C13H19NO3S. The molecular weight excluding hydrogens is 250 g/mol. The summed E-state index contributed by atoms with van der Waals surface area (Å²) < 4.78 is 0. The third kappa shape index (κ3) is 4.49. The van der Waals surface area contributed by atoms with E-state index < -0.39 is 5.97 Å². The van der Waals surface area contributed by atoms with Crippen LogP contribution in [0.1, 0.15) is 54.3 Å². The zero-order chi connectivity index (χ0) is 13.5. The number of carboxylic acids is 1. The fourth-order valence-electron chi connectivity index (χ4n) is 1.67. The lowest BCUT2D eigenvalue weighted by atomic mass is 10.1. The van der Waals surface area contributed by atoms with E-state index >= 15 is 0 Å². The van der Waals surface area contributed by atoms with Crippen molar-refractivity contribution in [2.45, 2.75) is 46.0 Å². The zero-order valence-electron chi connectivity index (χ0n) is 10.8. The molecule has 100 valence electrons. The van der Waals surface area contributed by atoms with E-state index in [2.05, 4.69) is 12.2 Å². The van der Waals surface area contributed by atoms with Crippen LogP contribution in [0.15, 0.2) is 6.07 Å². The molecule has 1 aromatic heterocycles. The molecule has 18 heavy (non-hydrogen) atoms. The summed E-state index contributed by atoms with van der Waals surface area (Å²) in [4.78, 5) is 22.8. The molecule has 0 saturated heterocycles. The van der Waals surface area contributed by atoms with Crippen molar-refractivity contribution in [1.82, 2.24) is 0 Å². The zero-order valence-corrected chi connectivity index (χ0v) is 11.6. The molecule has 1 rings (SSSR count). The van der Waals surface area contributed by atoms with E-state index in [-0.39, 0.29) is 10.8 Å². The molecule has 0 bridgehead atoms. The van der Waals surface area contributed by atoms with Crippen LogP contribution in [0.3, 0.4) is 0 Å². The van der Waals surface area contributed by atoms with E-state index in [1.54, 1.807) is 13.0 Å². The summed E-state index contributed by atoms with van der Waals surface area (Å²) in [5, 5.41) is 12.3. The number of nitrogens with one attached hydrogen (secondary N) is 1. The van der Waals surface area contributed by atoms with E-state index in [1.807, 2.05) is 0 Å². The van der Waals surface area contributed by atoms with E-state index in [0.29, 0.717) is 17.0 Å². The Morgan fingerprint density at radius 2 is 2.06 bits per heavy atom. The lowest BCUT2D eigenvalue weighted by Crippen LogP contribution is -2.09.